The van der Waals surface area contributed by atoms with E-state index in [9.17, 15) is 0 Å². The number of hydrogen-bond acceptors (Lipinski definition) is 4. The Balaban J connectivity index is 2.38. The van der Waals surface area contributed by atoms with Crippen LogP contribution in [0.1, 0.15) is 25.8 Å². The van der Waals surface area contributed by atoms with Crippen molar-refractivity contribution in [2.45, 2.75) is 33.3 Å². The zero-order chi connectivity index (χ0) is 11.1. The van der Waals surface area contributed by atoms with Crippen LogP contribution < -0.4 is 4.74 Å². The molecule has 0 radical (unpaired) electrons. The van der Waals surface area contributed by atoms with Crippen molar-refractivity contribution in [3.63, 3.8) is 0 Å². The first-order valence-corrected chi connectivity index (χ1v) is 5.68. The summed E-state index contributed by atoms with van der Waals surface area (Å²) in [4.78, 5) is 9.66. The number of thiazole rings is 1. The van der Waals surface area contributed by atoms with Gasteiger partial charge in [-0.2, -0.15) is 0 Å². The van der Waals surface area contributed by atoms with Gasteiger partial charge in [-0.15, -0.1) is 0 Å². The first-order chi connectivity index (χ1) is 6.94. The normalized spacial score (nSPS) is 12.0. The summed E-state index contributed by atoms with van der Waals surface area (Å²) in [5.74, 6) is 0.778. The summed E-state index contributed by atoms with van der Waals surface area (Å²) in [5.41, 5.74) is 0.722. The molecule has 0 aromatic carbocycles. The summed E-state index contributed by atoms with van der Waals surface area (Å²) in [6.45, 7) is 8.03. The highest BCUT2D eigenvalue weighted by Gasteiger charge is 2.13. The highest BCUT2D eigenvalue weighted by molar-refractivity contribution is 7.18. The minimum Gasteiger partial charge on any atom is -0.486 e. The molecule has 0 fully saturated rings. The van der Waals surface area contributed by atoms with Crippen molar-refractivity contribution in [3.05, 3.63) is 17.3 Å². The third-order valence-electron chi connectivity index (χ3n) is 1.75. The molecule has 0 bridgehead atoms. The lowest BCUT2D eigenvalue weighted by Gasteiger charge is -2.20. The lowest BCUT2D eigenvalue weighted by molar-refractivity contribution is 0.130. The molecule has 0 aliphatic heterocycles. The first kappa shape index (κ1) is 10.4. The molecule has 0 atom stereocenters. The summed E-state index contributed by atoms with van der Waals surface area (Å²) in [6, 6.07) is 1.94. The van der Waals surface area contributed by atoms with E-state index in [0.29, 0.717) is 0 Å². The molecule has 80 valence electrons. The van der Waals surface area contributed by atoms with Crippen molar-refractivity contribution in [3.8, 4) is 5.75 Å². The average molecular weight is 222 g/mol. The summed E-state index contributed by atoms with van der Waals surface area (Å²) in [7, 11) is 0. The molecule has 0 unspecified atom stereocenters. The second-order valence-corrected chi connectivity index (χ2v) is 5.62. The Bertz CT molecular complexity index is 485. The van der Waals surface area contributed by atoms with Crippen molar-refractivity contribution in [1.29, 1.82) is 0 Å². The molecule has 4 heteroatoms. The summed E-state index contributed by atoms with van der Waals surface area (Å²) >= 11 is 1.60. The Kier molecular flexibility index (Phi) is 2.38. The molecule has 2 heterocycles. The number of pyridine rings is 1. The van der Waals surface area contributed by atoms with Crippen molar-refractivity contribution >= 4 is 21.7 Å². The highest BCUT2D eigenvalue weighted by Crippen LogP contribution is 2.24. The molecule has 0 aliphatic rings. The summed E-state index contributed by atoms with van der Waals surface area (Å²) < 4.78 is 5.72. The fraction of sp³-hybridized carbons (Fsp3) is 0.455. The SMILES string of the molecule is Cc1nc2cc(OC(C)(C)C)cnc2s1. The van der Waals surface area contributed by atoms with E-state index in [0.717, 1.165) is 21.1 Å². The molecule has 15 heavy (non-hydrogen) atoms. The fourth-order valence-electron chi connectivity index (χ4n) is 1.32. The number of fused-ring (bicyclic) bond motifs is 1. The van der Waals surface area contributed by atoms with Gasteiger partial charge < -0.3 is 4.74 Å². The Hall–Kier alpha value is -1.16. The van der Waals surface area contributed by atoms with E-state index in [4.69, 9.17) is 4.74 Å². The molecule has 0 spiro atoms. The molecular formula is C11H14N2OS. The van der Waals surface area contributed by atoms with E-state index in [1.807, 2.05) is 33.8 Å². The maximum Gasteiger partial charge on any atom is 0.143 e. The number of ether oxygens (including phenoxy) is 1. The van der Waals surface area contributed by atoms with Gasteiger partial charge in [0.2, 0.25) is 0 Å². The molecule has 0 saturated heterocycles. The van der Waals surface area contributed by atoms with Gasteiger partial charge in [-0.05, 0) is 27.7 Å². The van der Waals surface area contributed by atoms with E-state index in [2.05, 4.69) is 9.97 Å². The van der Waals surface area contributed by atoms with Crippen LogP contribution in [-0.4, -0.2) is 15.6 Å². The van der Waals surface area contributed by atoms with Gasteiger partial charge in [-0.3, -0.25) is 0 Å². The molecule has 2 aromatic rings. The number of rotatable bonds is 1. The Labute approximate surface area is 93.1 Å². The van der Waals surface area contributed by atoms with Crippen LogP contribution in [0.4, 0.5) is 0 Å². The maximum absolute atomic E-state index is 5.72. The number of aromatic nitrogens is 2. The van der Waals surface area contributed by atoms with Gasteiger partial charge in [0, 0.05) is 6.07 Å². The zero-order valence-electron chi connectivity index (χ0n) is 9.37. The predicted octanol–water partition coefficient (Wildman–Crippen LogP) is 3.18. The van der Waals surface area contributed by atoms with Crippen LogP contribution in [-0.2, 0) is 0 Å². The van der Waals surface area contributed by atoms with Crippen LogP contribution in [0.3, 0.4) is 0 Å². The van der Waals surface area contributed by atoms with Crippen LogP contribution in [0.15, 0.2) is 12.3 Å². The van der Waals surface area contributed by atoms with Gasteiger partial charge >= 0.3 is 0 Å². The molecule has 0 N–H and O–H groups in total. The van der Waals surface area contributed by atoms with Crippen LogP contribution in [0.25, 0.3) is 10.3 Å². The van der Waals surface area contributed by atoms with E-state index in [1.165, 1.54) is 0 Å². The molecular weight excluding hydrogens is 208 g/mol. The first-order valence-electron chi connectivity index (χ1n) is 4.86. The lowest BCUT2D eigenvalue weighted by Crippen LogP contribution is -2.22. The molecule has 2 rings (SSSR count). The van der Waals surface area contributed by atoms with Crippen LogP contribution in [0, 0.1) is 6.92 Å². The van der Waals surface area contributed by atoms with Crippen molar-refractivity contribution in [2.75, 3.05) is 0 Å². The van der Waals surface area contributed by atoms with Gasteiger partial charge in [-0.25, -0.2) is 9.97 Å². The highest BCUT2D eigenvalue weighted by atomic mass is 32.1. The molecule has 0 aliphatic carbocycles. The van der Waals surface area contributed by atoms with Gasteiger partial charge in [-0.1, -0.05) is 11.3 Å². The zero-order valence-corrected chi connectivity index (χ0v) is 10.2. The molecule has 0 amide bonds. The second-order valence-electron chi connectivity index (χ2n) is 4.44. The van der Waals surface area contributed by atoms with Crippen LogP contribution in [0.5, 0.6) is 5.75 Å². The maximum atomic E-state index is 5.72. The van der Waals surface area contributed by atoms with Gasteiger partial charge in [0.05, 0.1) is 11.2 Å². The molecule has 2 aromatic heterocycles. The molecule has 3 nitrogen and oxygen atoms in total. The van der Waals surface area contributed by atoms with Crippen molar-refractivity contribution < 1.29 is 4.74 Å². The van der Waals surface area contributed by atoms with E-state index in [1.54, 1.807) is 17.5 Å². The van der Waals surface area contributed by atoms with E-state index in [-0.39, 0.29) is 5.60 Å². The van der Waals surface area contributed by atoms with E-state index >= 15 is 0 Å². The lowest BCUT2D eigenvalue weighted by atomic mass is 10.2. The minimum atomic E-state index is -0.194. The van der Waals surface area contributed by atoms with Gasteiger partial charge in [0.15, 0.2) is 0 Å². The summed E-state index contributed by atoms with van der Waals surface area (Å²) in [5, 5.41) is 1.03. The Morgan fingerprint density at radius 1 is 1.33 bits per heavy atom. The minimum absolute atomic E-state index is 0.194. The number of nitrogens with zero attached hydrogens (tertiary/aromatic N) is 2. The van der Waals surface area contributed by atoms with Crippen LogP contribution >= 0.6 is 11.3 Å². The fourth-order valence-corrected chi connectivity index (χ4v) is 2.06. The van der Waals surface area contributed by atoms with E-state index < -0.39 is 0 Å². The van der Waals surface area contributed by atoms with Crippen molar-refractivity contribution in [1.82, 2.24) is 9.97 Å². The Morgan fingerprint density at radius 2 is 2.07 bits per heavy atom. The Morgan fingerprint density at radius 3 is 2.73 bits per heavy atom. The van der Waals surface area contributed by atoms with Crippen molar-refractivity contribution in [2.24, 2.45) is 0 Å². The third-order valence-corrected chi connectivity index (χ3v) is 2.65. The quantitative estimate of drug-likeness (QED) is 0.743. The number of hydrogen-bond donors (Lipinski definition) is 0. The predicted molar refractivity (Wildman–Crippen MR) is 62.5 cm³/mol. The third kappa shape index (κ3) is 2.45. The second kappa shape index (κ2) is 3.45. The number of aryl methyl sites for hydroxylation is 1. The average Bonchev–Trinajstić information content (AvgIpc) is 2.40. The molecule has 0 saturated carbocycles. The van der Waals surface area contributed by atoms with Crippen LogP contribution in [0.2, 0.25) is 0 Å². The van der Waals surface area contributed by atoms with Gasteiger partial charge in [0.25, 0.3) is 0 Å². The summed E-state index contributed by atoms with van der Waals surface area (Å²) in [6.07, 6.45) is 1.76. The largest absolute Gasteiger partial charge is 0.486 e. The smallest absolute Gasteiger partial charge is 0.143 e. The van der Waals surface area contributed by atoms with Gasteiger partial charge in [0.1, 0.15) is 21.7 Å². The topological polar surface area (TPSA) is 35.0 Å². The standard InChI is InChI=1S/C11H14N2OS/c1-7-13-9-5-8(14-11(2,3)4)6-12-10(9)15-7/h5-6H,1-4H3. The monoisotopic (exact) mass is 222 g/mol.